The second kappa shape index (κ2) is 11.8. The van der Waals surface area contributed by atoms with Gasteiger partial charge >= 0.3 is 0 Å². The van der Waals surface area contributed by atoms with E-state index in [1.54, 1.807) is 19.5 Å². The highest BCUT2D eigenvalue weighted by Crippen LogP contribution is 2.31. The summed E-state index contributed by atoms with van der Waals surface area (Å²) in [5.41, 5.74) is 1.89. The Hall–Kier alpha value is -1.49. The molecule has 0 amide bonds. The van der Waals surface area contributed by atoms with Gasteiger partial charge in [-0.15, -0.1) is 0 Å². The number of methoxy groups -OCH3 is 1. The van der Waals surface area contributed by atoms with Crippen LogP contribution in [-0.4, -0.2) is 30.9 Å². The first kappa shape index (κ1) is 23.2. The van der Waals surface area contributed by atoms with Gasteiger partial charge in [-0.25, -0.2) is 0 Å². The van der Waals surface area contributed by atoms with E-state index < -0.39 is 0 Å². The van der Waals surface area contributed by atoms with Crippen LogP contribution >= 0.6 is 23.2 Å². The molecule has 1 heterocycles. The number of unbranched alkanes of at least 4 members (excludes halogenated alkanes) is 1. The lowest BCUT2D eigenvalue weighted by Crippen LogP contribution is -2.20. The van der Waals surface area contributed by atoms with E-state index in [1.165, 1.54) is 12.8 Å². The van der Waals surface area contributed by atoms with Crippen molar-refractivity contribution in [1.29, 1.82) is 0 Å². The average molecular weight is 452 g/mol. The lowest BCUT2D eigenvalue weighted by atomic mass is 10.0. The zero-order valence-corrected chi connectivity index (χ0v) is 19.3. The summed E-state index contributed by atoms with van der Waals surface area (Å²) in [6.07, 6.45) is 17.5. The van der Waals surface area contributed by atoms with Gasteiger partial charge in [0.05, 0.1) is 29.4 Å². The molecule has 3 rings (SSSR count). The number of nitrogens with zero attached hydrogens (tertiary/aromatic N) is 1. The predicted molar refractivity (Wildman–Crippen MR) is 122 cm³/mol. The van der Waals surface area contributed by atoms with Crippen molar-refractivity contribution in [2.24, 2.45) is 0 Å². The number of pyridine rings is 1. The van der Waals surface area contributed by atoms with E-state index in [0.29, 0.717) is 29.5 Å². The molecule has 1 aromatic heterocycles. The van der Waals surface area contributed by atoms with Crippen LogP contribution in [0, 0.1) is 0 Å². The van der Waals surface area contributed by atoms with Gasteiger partial charge in [0, 0.05) is 31.8 Å². The summed E-state index contributed by atoms with van der Waals surface area (Å²) in [5, 5.41) is 1.11. The van der Waals surface area contributed by atoms with Gasteiger partial charge in [0.2, 0.25) is 0 Å². The molecule has 1 aromatic rings. The molecular weight excluding hydrogens is 421 g/mol. The number of allylic oxidation sites excluding steroid dienone is 2. The maximum absolute atomic E-state index is 6.40. The molecule has 1 saturated carbocycles. The molecule has 0 aliphatic heterocycles. The molecule has 4 nitrogen and oxygen atoms in total. The van der Waals surface area contributed by atoms with Gasteiger partial charge in [0.15, 0.2) is 5.76 Å². The first-order chi connectivity index (χ1) is 14.6. The zero-order valence-electron chi connectivity index (χ0n) is 17.8. The smallest absolute Gasteiger partial charge is 0.157 e. The van der Waals surface area contributed by atoms with E-state index in [1.807, 2.05) is 0 Å². The van der Waals surface area contributed by atoms with Crippen molar-refractivity contribution < 1.29 is 14.2 Å². The summed E-state index contributed by atoms with van der Waals surface area (Å²) >= 11 is 12.8. The first-order valence-electron chi connectivity index (χ1n) is 10.8. The van der Waals surface area contributed by atoms with Crippen LogP contribution in [0.25, 0.3) is 0 Å². The summed E-state index contributed by atoms with van der Waals surface area (Å²) < 4.78 is 18.3. The van der Waals surface area contributed by atoms with Crippen LogP contribution in [0.3, 0.4) is 0 Å². The van der Waals surface area contributed by atoms with E-state index >= 15 is 0 Å². The van der Waals surface area contributed by atoms with Crippen LogP contribution in [0.15, 0.2) is 47.7 Å². The van der Waals surface area contributed by atoms with Crippen LogP contribution in [0.2, 0.25) is 10.0 Å². The summed E-state index contributed by atoms with van der Waals surface area (Å²) in [6, 6.07) is 0. The van der Waals surface area contributed by atoms with E-state index in [-0.39, 0.29) is 12.2 Å². The van der Waals surface area contributed by atoms with Gasteiger partial charge in [-0.1, -0.05) is 48.7 Å². The number of rotatable bonds is 10. The van der Waals surface area contributed by atoms with Gasteiger partial charge in [0.1, 0.15) is 5.76 Å². The number of hydrogen-bond donors (Lipinski definition) is 0. The SMILES string of the molecule is CCCCOC(Cc1c(Cl)cncc1Cl)C1=CC(OC2CCCC2)=C(OC)CC=C1. The third-order valence-corrected chi connectivity index (χ3v) is 6.21. The van der Waals surface area contributed by atoms with Gasteiger partial charge in [-0.3, -0.25) is 4.98 Å². The Balaban J connectivity index is 1.89. The second-order valence-corrected chi connectivity index (χ2v) is 8.58. The minimum atomic E-state index is -0.191. The number of hydrogen-bond acceptors (Lipinski definition) is 4. The second-order valence-electron chi connectivity index (χ2n) is 7.77. The minimum Gasteiger partial charge on any atom is -0.497 e. The Morgan fingerprint density at radius 2 is 1.90 bits per heavy atom. The fourth-order valence-corrected chi connectivity index (χ4v) is 4.33. The molecular formula is C24H31Cl2NO3. The number of ether oxygens (including phenoxy) is 3. The zero-order chi connectivity index (χ0) is 21.3. The Morgan fingerprint density at radius 1 is 1.17 bits per heavy atom. The van der Waals surface area contributed by atoms with Crippen LogP contribution in [0.4, 0.5) is 0 Å². The first-order valence-corrected chi connectivity index (χ1v) is 11.6. The largest absolute Gasteiger partial charge is 0.497 e. The van der Waals surface area contributed by atoms with Gasteiger partial charge in [-0.05, 0) is 49.3 Å². The summed E-state index contributed by atoms with van der Waals surface area (Å²) in [7, 11) is 1.70. The van der Waals surface area contributed by atoms with Crippen molar-refractivity contribution in [1.82, 2.24) is 4.98 Å². The van der Waals surface area contributed by atoms with Gasteiger partial charge in [0.25, 0.3) is 0 Å². The summed E-state index contributed by atoms with van der Waals surface area (Å²) in [4.78, 5) is 4.07. The Kier molecular flexibility index (Phi) is 9.10. The third kappa shape index (κ3) is 6.26. The molecule has 1 atom stereocenters. The summed E-state index contributed by atoms with van der Waals surface area (Å²) in [5.74, 6) is 1.65. The minimum absolute atomic E-state index is 0.191. The number of halogens is 2. The standard InChI is InChI=1S/C24H31Cl2NO3/c1-3-4-12-29-23(14-19-20(25)15-27-16-21(19)26)17-8-7-11-22(28-2)24(13-17)30-18-9-5-6-10-18/h7-8,13,15-16,18,23H,3-6,9-12,14H2,1-2H3. The molecule has 1 fully saturated rings. The van der Waals surface area contributed by atoms with Crippen molar-refractivity contribution in [2.45, 2.75) is 70.5 Å². The molecule has 0 radical (unpaired) electrons. The molecule has 2 aliphatic carbocycles. The fourth-order valence-electron chi connectivity index (χ4n) is 3.81. The van der Waals surface area contributed by atoms with Gasteiger partial charge in [-0.2, -0.15) is 0 Å². The lowest BCUT2D eigenvalue weighted by Gasteiger charge is -2.22. The molecule has 164 valence electrons. The maximum Gasteiger partial charge on any atom is 0.157 e. The molecule has 6 heteroatoms. The molecule has 0 N–H and O–H groups in total. The molecule has 0 aromatic carbocycles. The average Bonchev–Trinajstić information content (AvgIpc) is 3.16. The van der Waals surface area contributed by atoms with E-state index in [2.05, 4.69) is 30.1 Å². The molecule has 30 heavy (non-hydrogen) atoms. The normalized spacial score (nSPS) is 18.3. The van der Waals surface area contributed by atoms with E-state index in [4.69, 9.17) is 37.4 Å². The highest BCUT2D eigenvalue weighted by Gasteiger charge is 2.23. The van der Waals surface area contributed by atoms with Crippen molar-refractivity contribution >= 4 is 23.2 Å². The third-order valence-electron chi connectivity index (χ3n) is 5.56. The highest BCUT2D eigenvalue weighted by molar-refractivity contribution is 6.35. The van der Waals surface area contributed by atoms with Gasteiger partial charge < -0.3 is 14.2 Å². The molecule has 0 bridgehead atoms. The quantitative estimate of drug-likeness (QED) is 0.365. The number of aromatic nitrogens is 1. The van der Waals surface area contributed by atoms with Crippen LogP contribution in [0.1, 0.15) is 57.4 Å². The monoisotopic (exact) mass is 451 g/mol. The molecule has 0 spiro atoms. The van der Waals surface area contributed by atoms with Crippen molar-refractivity contribution in [3.63, 3.8) is 0 Å². The van der Waals surface area contributed by atoms with Crippen LogP contribution < -0.4 is 0 Å². The topological polar surface area (TPSA) is 40.6 Å². The Labute approximate surface area is 189 Å². The Bertz CT molecular complexity index is 777. The maximum atomic E-state index is 6.40. The van der Waals surface area contributed by atoms with E-state index in [9.17, 15) is 0 Å². The van der Waals surface area contributed by atoms with Crippen molar-refractivity contribution in [3.8, 4) is 0 Å². The van der Waals surface area contributed by atoms with E-state index in [0.717, 1.165) is 48.3 Å². The van der Waals surface area contributed by atoms with Crippen molar-refractivity contribution in [3.05, 3.63) is 63.3 Å². The Morgan fingerprint density at radius 3 is 2.57 bits per heavy atom. The fraction of sp³-hybridized carbons (Fsp3) is 0.542. The predicted octanol–water partition coefficient (Wildman–Crippen LogP) is 6.82. The molecule has 0 saturated heterocycles. The molecule has 2 aliphatic rings. The summed E-state index contributed by atoms with van der Waals surface area (Å²) in [6.45, 7) is 2.83. The van der Waals surface area contributed by atoms with Crippen LogP contribution in [-0.2, 0) is 20.6 Å². The van der Waals surface area contributed by atoms with Crippen molar-refractivity contribution in [2.75, 3.05) is 13.7 Å². The highest BCUT2D eigenvalue weighted by atomic mass is 35.5. The molecule has 1 unspecified atom stereocenters. The van der Waals surface area contributed by atoms with Crippen LogP contribution in [0.5, 0.6) is 0 Å². The lowest BCUT2D eigenvalue weighted by molar-refractivity contribution is 0.0763.